The number of hydrogen-bond acceptors (Lipinski definition) is 3. The standard InChI is InChI=1S/C21H27N3O3/c1-14-5-7-16(8-6-14)23-21(25)22-13-18-17-12-20(27-4)19(26-3)11-15(17)9-10-24(18)2/h5-8,11-12,18H,9-10,13H2,1-4H3,(H2,22,23,25)/p+1/t18-/m0/s1. The molecule has 0 saturated heterocycles. The summed E-state index contributed by atoms with van der Waals surface area (Å²) in [7, 11) is 5.45. The van der Waals surface area contributed by atoms with Crippen LogP contribution >= 0.6 is 0 Å². The minimum atomic E-state index is -0.195. The maximum absolute atomic E-state index is 12.3. The zero-order valence-electron chi connectivity index (χ0n) is 16.4. The molecule has 0 radical (unpaired) electrons. The highest BCUT2D eigenvalue weighted by Crippen LogP contribution is 2.33. The van der Waals surface area contributed by atoms with E-state index in [0.29, 0.717) is 6.54 Å². The fraction of sp³-hybridized carbons (Fsp3) is 0.381. The van der Waals surface area contributed by atoms with Crippen molar-refractivity contribution >= 4 is 11.7 Å². The summed E-state index contributed by atoms with van der Waals surface area (Å²) >= 11 is 0. The van der Waals surface area contributed by atoms with Gasteiger partial charge in [0.2, 0.25) is 0 Å². The van der Waals surface area contributed by atoms with Gasteiger partial charge in [0, 0.05) is 17.7 Å². The Morgan fingerprint density at radius 3 is 2.48 bits per heavy atom. The molecule has 0 aliphatic carbocycles. The third-order valence-electron chi connectivity index (χ3n) is 5.18. The van der Waals surface area contributed by atoms with E-state index in [2.05, 4.69) is 23.7 Å². The molecule has 2 amide bonds. The zero-order valence-corrected chi connectivity index (χ0v) is 16.4. The maximum atomic E-state index is 12.3. The van der Waals surface area contributed by atoms with Gasteiger partial charge in [0.05, 0.1) is 34.4 Å². The highest BCUT2D eigenvalue weighted by molar-refractivity contribution is 5.89. The SMILES string of the molecule is COc1cc2c(cc1OC)[C@H](CNC(=O)Nc1ccc(C)cc1)[NH+](C)CC2. The van der Waals surface area contributed by atoms with E-state index in [9.17, 15) is 4.79 Å². The Hall–Kier alpha value is -2.73. The van der Waals surface area contributed by atoms with Gasteiger partial charge >= 0.3 is 6.03 Å². The van der Waals surface area contributed by atoms with Gasteiger partial charge in [-0.25, -0.2) is 4.79 Å². The topological polar surface area (TPSA) is 64.0 Å². The van der Waals surface area contributed by atoms with Crippen molar-refractivity contribution in [3.63, 3.8) is 0 Å². The molecule has 1 aliphatic heterocycles. The molecule has 2 aromatic rings. The van der Waals surface area contributed by atoms with Crippen LogP contribution in [0.5, 0.6) is 11.5 Å². The van der Waals surface area contributed by atoms with Crippen LogP contribution in [0.4, 0.5) is 10.5 Å². The normalized spacial score (nSPS) is 18.4. The third kappa shape index (κ3) is 4.34. The number of anilines is 1. The molecule has 27 heavy (non-hydrogen) atoms. The maximum Gasteiger partial charge on any atom is 0.319 e. The van der Waals surface area contributed by atoms with Gasteiger partial charge in [-0.3, -0.25) is 0 Å². The highest BCUT2D eigenvalue weighted by Gasteiger charge is 2.30. The van der Waals surface area contributed by atoms with Gasteiger partial charge in [-0.05, 0) is 36.8 Å². The molecular formula is C21H28N3O3+. The summed E-state index contributed by atoms with van der Waals surface area (Å²) < 4.78 is 10.9. The first kappa shape index (κ1) is 19.0. The second-order valence-electron chi connectivity index (χ2n) is 7.01. The van der Waals surface area contributed by atoms with Gasteiger partial charge in [-0.15, -0.1) is 0 Å². The number of carbonyl (C=O) groups excluding carboxylic acids is 1. The van der Waals surface area contributed by atoms with Gasteiger partial charge in [-0.2, -0.15) is 0 Å². The number of methoxy groups -OCH3 is 2. The molecule has 6 heteroatoms. The van der Waals surface area contributed by atoms with Gasteiger partial charge in [0.25, 0.3) is 0 Å². The molecule has 2 aromatic carbocycles. The summed E-state index contributed by atoms with van der Waals surface area (Å²) in [6.45, 7) is 3.58. The van der Waals surface area contributed by atoms with Crippen LogP contribution in [-0.4, -0.2) is 40.4 Å². The van der Waals surface area contributed by atoms with Crippen LogP contribution in [0.25, 0.3) is 0 Å². The molecule has 2 atom stereocenters. The summed E-state index contributed by atoms with van der Waals surface area (Å²) in [6.07, 6.45) is 0.980. The Morgan fingerprint density at radius 2 is 1.81 bits per heavy atom. The Bertz CT molecular complexity index is 805. The molecule has 1 aliphatic rings. The van der Waals surface area contributed by atoms with Crippen molar-refractivity contribution in [3.05, 3.63) is 53.1 Å². The molecule has 0 bridgehead atoms. The molecule has 6 nitrogen and oxygen atoms in total. The van der Waals surface area contributed by atoms with E-state index in [1.807, 2.05) is 37.3 Å². The van der Waals surface area contributed by atoms with Gasteiger partial charge < -0.3 is 25.0 Å². The quantitative estimate of drug-likeness (QED) is 0.754. The number of amides is 2. The van der Waals surface area contributed by atoms with E-state index >= 15 is 0 Å². The number of urea groups is 1. The summed E-state index contributed by atoms with van der Waals surface area (Å²) in [4.78, 5) is 13.7. The predicted octanol–water partition coefficient (Wildman–Crippen LogP) is 1.95. The van der Waals surface area contributed by atoms with Crippen LogP contribution in [0, 0.1) is 6.92 Å². The van der Waals surface area contributed by atoms with Crippen LogP contribution < -0.4 is 25.0 Å². The Morgan fingerprint density at radius 1 is 1.15 bits per heavy atom. The Labute approximate surface area is 160 Å². The Balaban J connectivity index is 1.71. The number of fused-ring (bicyclic) bond motifs is 1. The number of likely N-dealkylation sites (N-methyl/N-ethyl adjacent to an activating group) is 1. The van der Waals surface area contributed by atoms with Crippen molar-refractivity contribution in [3.8, 4) is 11.5 Å². The second-order valence-corrected chi connectivity index (χ2v) is 7.01. The third-order valence-corrected chi connectivity index (χ3v) is 5.18. The van der Waals surface area contributed by atoms with Gasteiger partial charge in [0.1, 0.15) is 6.04 Å². The average molecular weight is 370 g/mol. The molecule has 3 rings (SSSR count). The van der Waals surface area contributed by atoms with Crippen molar-refractivity contribution in [2.45, 2.75) is 19.4 Å². The van der Waals surface area contributed by atoms with Crippen LogP contribution in [0.2, 0.25) is 0 Å². The van der Waals surface area contributed by atoms with E-state index in [1.165, 1.54) is 16.0 Å². The van der Waals surface area contributed by atoms with Crippen LogP contribution in [0.15, 0.2) is 36.4 Å². The van der Waals surface area contributed by atoms with Crippen molar-refractivity contribution in [2.75, 3.05) is 39.7 Å². The largest absolute Gasteiger partial charge is 0.493 e. The average Bonchev–Trinajstić information content (AvgIpc) is 2.68. The van der Waals surface area contributed by atoms with E-state index < -0.39 is 0 Å². The van der Waals surface area contributed by atoms with Crippen molar-refractivity contribution < 1.29 is 19.2 Å². The summed E-state index contributed by atoms with van der Waals surface area (Å²) in [5, 5.41) is 5.89. The first-order valence-electron chi connectivity index (χ1n) is 9.20. The lowest BCUT2D eigenvalue weighted by atomic mass is 9.92. The Kier molecular flexibility index (Phi) is 5.86. The molecule has 0 fully saturated rings. The zero-order chi connectivity index (χ0) is 19.4. The van der Waals surface area contributed by atoms with E-state index in [1.54, 1.807) is 14.2 Å². The van der Waals surface area contributed by atoms with Crippen molar-refractivity contribution in [1.29, 1.82) is 0 Å². The lowest BCUT2D eigenvalue weighted by molar-refractivity contribution is -0.913. The molecular weight excluding hydrogens is 342 g/mol. The minimum Gasteiger partial charge on any atom is -0.493 e. The van der Waals surface area contributed by atoms with E-state index in [-0.39, 0.29) is 12.1 Å². The number of aryl methyl sites for hydroxylation is 1. The molecule has 3 N–H and O–H groups in total. The number of nitrogens with one attached hydrogen (secondary N) is 3. The number of carbonyl (C=O) groups is 1. The number of hydrogen-bond donors (Lipinski definition) is 3. The minimum absolute atomic E-state index is 0.164. The first-order valence-corrected chi connectivity index (χ1v) is 9.20. The van der Waals surface area contributed by atoms with E-state index in [0.717, 1.165) is 35.7 Å². The summed E-state index contributed by atoms with van der Waals surface area (Å²) in [5.41, 5.74) is 4.40. The number of rotatable bonds is 5. The number of ether oxygens (including phenoxy) is 2. The molecule has 0 spiro atoms. The van der Waals surface area contributed by atoms with Crippen LogP contribution in [0.1, 0.15) is 22.7 Å². The fourth-order valence-corrected chi connectivity index (χ4v) is 3.54. The van der Waals surface area contributed by atoms with E-state index in [4.69, 9.17) is 9.47 Å². The lowest BCUT2D eigenvalue weighted by Gasteiger charge is -2.32. The summed E-state index contributed by atoms with van der Waals surface area (Å²) in [5.74, 6) is 1.47. The summed E-state index contributed by atoms with van der Waals surface area (Å²) in [6, 6.07) is 11.8. The van der Waals surface area contributed by atoms with Gasteiger partial charge in [0.15, 0.2) is 11.5 Å². The molecule has 144 valence electrons. The molecule has 1 unspecified atom stereocenters. The lowest BCUT2D eigenvalue weighted by Crippen LogP contribution is -3.11. The number of benzene rings is 2. The van der Waals surface area contributed by atoms with Crippen LogP contribution in [-0.2, 0) is 6.42 Å². The second kappa shape index (κ2) is 8.31. The molecule has 1 heterocycles. The van der Waals surface area contributed by atoms with Crippen molar-refractivity contribution in [2.24, 2.45) is 0 Å². The van der Waals surface area contributed by atoms with Crippen LogP contribution in [0.3, 0.4) is 0 Å². The smallest absolute Gasteiger partial charge is 0.319 e. The van der Waals surface area contributed by atoms with Crippen molar-refractivity contribution in [1.82, 2.24) is 5.32 Å². The highest BCUT2D eigenvalue weighted by atomic mass is 16.5. The monoisotopic (exact) mass is 370 g/mol. The molecule has 0 saturated carbocycles. The first-order chi connectivity index (χ1) is 13.0. The predicted molar refractivity (Wildman–Crippen MR) is 106 cm³/mol. The molecule has 0 aromatic heterocycles. The fourth-order valence-electron chi connectivity index (χ4n) is 3.54. The van der Waals surface area contributed by atoms with Gasteiger partial charge in [-0.1, -0.05) is 17.7 Å². The number of quaternary nitrogens is 1.